The first-order valence-electron chi connectivity index (χ1n) is 7.44. The smallest absolute Gasteiger partial charge is 0.167 e. The summed E-state index contributed by atoms with van der Waals surface area (Å²) in [7, 11) is 0. The van der Waals surface area contributed by atoms with Crippen LogP contribution >= 0.6 is 11.3 Å². The van der Waals surface area contributed by atoms with E-state index < -0.39 is 0 Å². The summed E-state index contributed by atoms with van der Waals surface area (Å²) >= 11 is 1.64. The molecule has 0 spiro atoms. The summed E-state index contributed by atoms with van der Waals surface area (Å²) in [5.74, 6) is 1.95. The second-order valence-electron chi connectivity index (χ2n) is 5.98. The van der Waals surface area contributed by atoms with Crippen LogP contribution in [0.15, 0.2) is 42.0 Å². The minimum Gasteiger partial charge on any atom is -0.225 e. The standard InChI is InChI=1S/C17H14N4S/c1-10-2-4-11(5-3-10)13-8-14(13)15-19-16-12-6-7-22-17(12)18-9-21(16)20-15/h2-7,9,13-14H,8H2,1H3. The van der Waals surface area contributed by atoms with E-state index in [2.05, 4.69) is 52.7 Å². The van der Waals surface area contributed by atoms with E-state index in [1.54, 1.807) is 17.7 Å². The van der Waals surface area contributed by atoms with Crippen LogP contribution in [-0.4, -0.2) is 19.6 Å². The van der Waals surface area contributed by atoms with Gasteiger partial charge in [-0.2, -0.15) is 0 Å². The zero-order valence-corrected chi connectivity index (χ0v) is 12.9. The van der Waals surface area contributed by atoms with Crippen molar-refractivity contribution < 1.29 is 0 Å². The van der Waals surface area contributed by atoms with E-state index in [1.165, 1.54) is 11.1 Å². The molecule has 1 aliphatic carbocycles. The zero-order valence-electron chi connectivity index (χ0n) is 12.1. The number of hydrogen-bond acceptors (Lipinski definition) is 4. The number of rotatable bonds is 2. The first-order valence-corrected chi connectivity index (χ1v) is 8.32. The molecule has 0 radical (unpaired) electrons. The largest absolute Gasteiger partial charge is 0.225 e. The molecule has 1 fully saturated rings. The van der Waals surface area contributed by atoms with Crippen LogP contribution in [-0.2, 0) is 0 Å². The number of thiophene rings is 1. The van der Waals surface area contributed by atoms with Crippen LogP contribution in [0.4, 0.5) is 0 Å². The third kappa shape index (κ3) is 1.78. The second-order valence-corrected chi connectivity index (χ2v) is 6.88. The van der Waals surface area contributed by atoms with Gasteiger partial charge in [0.2, 0.25) is 0 Å². The van der Waals surface area contributed by atoms with Gasteiger partial charge in [-0.1, -0.05) is 29.8 Å². The quantitative estimate of drug-likeness (QED) is 0.564. The molecule has 0 bridgehead atoms. The van der Waals surface area contributed by atoms with E-state index in [9.17, 15) is 0 Å². The zero-order chi connectivity index (χ0) is 14.7. The molecule has 3 heterocycles. The van der Waals surface area contributed by atoms with Gasteiger partial charge in [-0.25, -0.2) is 14.5 Å². The highest BCUT2D eigenvalue weighted by molar-refractivity contribution is 7.16. The van der Waals surface area contributed by atoms with Crippen molar-refractivity contribution in [1.82, 2.24) is 19.6 Å². The number of fused-ring (bicyclic) bond motifs is 3. The van der Waals surface area contributed by atoms with Gasteiger partial charge in [-0.15, -0.1) is 16.4 Å². The molecule has 0 amide bonds. The third-order valence-corrected chi connectivity index (χ3v) is 5.27. The highest BCUT2D eigenvalue weighted by Gasteiger charge is 2.42. The average molecular weight is 306 g/mol. The Morgan fingerprint density at radius 3 is 2.86 bits per heavy atom. The molecule has 3 aromatic heterocycles. The Hall–Kier alpha value is -2.27. The van der Waals surface area contributed by atoms with Crippen molar-refractivity contribution in [2.24, 2.45) is 0 Å². The van der Waals surface area contributed by atoms with Crippen molar-refractivity contribution in [3.63, 3.8) is 0 Å². The molecule has 4 nitrogen and oxygen atoms in total. The Morgan fingerprint density at radius 1 is 1.14 bits per heavy atom. The van der Waals surface area contributed by atoms with Crippen molar-refractivity contribution in [2.45, 2.75) is 25.2 Å². The van der Waals surface area contributed by atoms with Crippen LogP contribution in [0.5, 0.6) is 0 Å². The van der Waals surface area contributed by atoms with Crippen LogP contribution in [0.25, 0.3) is 15.9 Å². The van der Waals surface area contributed by atoms with E-state index in [-0.39, 0.29) is 0 Å². The first kappa shape index (κ1) is 12.3. The molecule has 0 saturated heterocycles. The number of aromatic nitrogens is 4. The van der Waals surface area contributed by atoms with E-state index >= 15 is 0 Å². The summed E-state index contributed by atoms with van der Waals surface area (Å²) in [6, 6.07) is 10.9. The van der Waals surface area contributed by atoms with Crippen LogP contribution in [0.3, 0.4) is 0 Å². The fourth-order valence-electron chi connectivity index (χ4n) is 3.10. The number of benzene rings is 1. The van der Waals surface area contributed by atoms with E-state index in [1.807, 2.05) is 4.52 Å². The minimum atomic E-state index is 0.441. The van der Waals surface area contributed by atoms with E-state index in [4.69, 9.17) is 4.98 Å². The van der Waals surface area contributed by atoms with Crippen LogP contribution < -0.4 is 0 Å². The van der Waals surface area contributed by atoms with Crippen molar-refractivity contribution in [3.05, 3.63) is 59.0 Å². The highest BCUT2D eigenvalue weighted by atomic mass is 32.1. The Balaban J connectivity index is 1.53. The molecule has 1 saturated carbocycles. The van der Waals surface area contributed by atoms with Gasteiger partial charge in [0.25, 0.3) is 0 Å². The van der Waals surface area contributed by atoms with Crippen LogP contribution in [0, 0.1) is 6.92 Å². The second kappa shape index (κ2) is 4.36. The third-order valence-electron chi connectivity index (χ3n) is 4.45. The lowest BCUT2D eigenvalue weighted by molar-refractivity contribution is 0.850. The first-order chi connectivity index (χ1) is 10.8. The molecule has 0 aliphatic heterocycles. The monoisotopic (exact) mass is 306 g/mol. The average Bonchev–Trinajstić information content (AvgIpc) is 2.98. The number of hydrogen-bond donors (Lipinski definition) is 0. The van der Waals surface area contributed by atoms with Crippen LogP contribution in [0.2, 0.25) is 0 Å². The van der Waals surface area contributed by atoms with Crippen molar-refractivity contribution in [2.75, 3.05) is 0 Å². The molecule has 0 N–H and O–H groups in total. The van der Waals surface area contributed by atoms with Gasteiger partial charge in [-0.3, -0.25) is 0 Å². The maximum absolute atomic E-state index is 4.79. The lowest BCUT2D eigenvalue weighted by Gasteiger charge is -1.99. The molecule has 2 unspecified atom stereocenters. The topological polar surface area (TPSA) is 43.1 Å². The van der Waals surface area contributed by atoms with Crippen molar-refractivity contribution in [3.8, 4) is 0 Å². The summed E-state index contributed by atoms with van der Waals surface area (Å²) < 4.78 is 1.81. The van der Waals surface area contributed by atoms with Gasteiger partial charge in [0.15, 0.2) is 11.5 Å². The predicted octanol–water partition coefficient (Wildman–Crippen LogP) is 3.92. The molecule has 2 atom stereocenters. The summed E-state index contributed by atoms with van der Waals surface area (Å²) in [5, 5.41) is 7.80. The lowest BCUT2D eigenvalue weighted by Crippen LogP contribution is -1.90. The molecular weight excluding hydrogens is 292 g/mol. The van der Waals surface area contributed by atoms with Gasteiger partial charge >= 0.3 is 0 Å². The van der Waals surface area contributed by atoms with Gasteiger partial charge in [-0.05, 0) is 36.3 Å². The minimum absolute atomic E-state index is 0.441. The molecule has 4 aromatic rings. The predicted molar refractivity (Wildman–Crippen MR) is 87.4 cm³/mol. The fraction of sp³-hybridized carbons (Fsp3) is 0.235. The molecular formula is C17H14N4S. The van der Waals surface area contributed by atoms with Crippen LogP contribution in [0.1, 0.15) is 35.2 Å². The summed E-state index contributed by atoms with van der Waals surface area (Å²) in [5.41, 5.74) is 3.63. The molecule has 1 aliphatic rings. The normalized spacial score (nSPS) is 20.8. The Bertz CT molecular complexity index is 983. The van der Waals surface area contributed by atoms with E-state index in [0.29, 0.717) is 11.8 Å². The van der Waals surface area contributed by atoms with Crippen molar-refractivity contribution in [1.29, 1.82) is 0 Å². The number of nitrogens with zero attached hydrogens (tertiary/aromatic N) is 4. The molecule has 22 heavy (non-hydrogen) atoms. The van der Waals surface area contributed by atoms with Gasteiger partial charge in [0, 0.05) is 5.92 Å². The lowest BCUT2D eigenvalue weighted by atomic mass is 10.1. The van der Waals surface area contributed by atoms with Gasteiger partial charge < -0.3 is 0 Å². The molecule has 5 heteroatoms. The van der Waals surface area contributed by atoms with Gasteiger partial charge in [0.1, 0.15) is 11.2 Å². The summed E-state index contributed by atoms with van der Waals surface area (Å²) in [6.45, 7) is 2.12. The maximum Gasteiger partial charge on any atom is 0.167 e. The Labute approximate surface area is 131 Å². The Morgan fingerprint density at radius 2 is 2.00 bits per heavy atom. The molecule has 108 valence electrons. The van der Waals surface area contributed by atoms with Crippen molar-refractivity contribution >= 4 is 27.2 Å². The summed E-state index contributed by atoms with van der Waals surface area (Å²) in [4.78, 5) is 10.2. The fourth-order valence-corrected chi connectivity index (χ4v) is 3.83. The summed E-state index contributed by atoms with van der Waals surface area (Å²) in [6.07, 6.45) is 2.91. The van der Waals surface area contributed by atoms with E-state index in [0.717, 1.165) is 28.1 Å². The molecule has 1 aromatic carbocycles. The van der Waals surface area contributed by atoms with Gasteiger partial charge in [0.05, 0.1) is 5.39 Å². The Kier molecular flexibility index (Phi) is 2.44. The maximum atomic E-state index is 4.79. The SMILES string of the molecule is Cc1ccc(C2CC2c2nc3c4ccsc4ncn3n2)cc1. The number of aryl methyl sites for hydroxylation is 1. The highest BCUT2D eigenvalue weighted by Crippen LogP contribution is 2.53. The molecule has 5 rings (SSSR count).